The maximum absolute atomic E-state index is 5.43. The van der Waals surface area contributed by atoms with Crippen LogP contribution in [0.1, 0.15) is 37.9 Å². The standard InChI is InChI=1S/C12H19O.3ClH.Zn/c1-9-6-11(7-10(2)13-9)8-12(3,4)5;;;;/h6-7H,8H2,1-5H3;3*1H;/q+1;;;;+2/p-3. The third-order valence-corrected chi connectivity index (χ3v) is 1.83. The van der Waals surface area contributed by atoms with Gasteiger partial charge in [-0.05, 0) is 17.4 Å². The van der Waals surface area contributed by atoms with E-state index >= 15 is 0 Å². The first-order valence-electron chi connectivity index (χ1n) is 5.57. The number of halogens is 3. The van der Waals surface area contributed by atoms with Crippen molar-refractivity contribution >= 4 is 29.1 Å². The van der Waals surface area contributed by atoms with Gasteiger partial charge in [-0.1, -0.05) is 20.8 Å². The molecule has 0 aliphatic heterocycles. The van der Waals surface area contributed by atoms with Gasteiger partial charge in [0, 0.05) is 12.1 Å². The van der Waals surface area contributed by atoms with Gasteiger partial charge in [0.2, 0.25) is 0 Å². The van der Waals surface area contributed by atoms with Gasteiger partial charge in [0.1, 0.15) is 0 Å². The Kier molecular flexibility index (Phi) is 8.24. The van der Waals surface area contributed by atoms with Crippen molar-refractivity contribution in [1.82, 2.24) is 0 Å². The van der Waals surface area contributed by atoms with Gasteiger partial charge in [0.15, 0.2) is 0 Å². The molecular formula is C12H19Cl3OZn. The third kappa shape index (κ3) is 11.5. The first-order chi connectivity index (χ1) is 7.60. The summed E-state index contributed by atoms with van der Waals surface area (Å²) in [5, 5.41) is 0. The number of rotatable bonds is 1. The van der Waals surface area contributed by atoms with E-state index in [0.717, 1.165) is 17.9 Å². The molecule has 0 bridgehead atoms. The van der Waals surface area contributed by atoms with Crippen molar-refractivity contribution in [3.63, 3.8) is 0 Å². The fraction of sp³-hybridized carbons (Fsp3) is 0.583. The van der Waals surface area contributed by atoms with Crippen LogP contribution in [0.3, 0.4) is 0 Å². The Morgan fingerprint density at radius 3 is 1.71 bits per heavy atom. The fourth-order valence-corrected chi connectivity index (χ4v) is 1.59. The molecule has 96 valence electrons. The predicted molar refractivity (Wildman–Crippen MR) is 73.3 cm³/mol. The second-order valence-corrected chi connectivity index (χ2v) is 19.1. The normalized spacial score (nSPS) is 10.6. The molecule has 0 aromatic carbocycles. The van der Waals surface area contributed by atoms with Gasteiger partial charge < -0.3 is 0 Å². The second kappa shape index (κ2) is 7.94. The van der Waals surface area contributed by atoms with E-state index in [2.05, 4.69) is 32.9 Å². The van der Waals surface area contributed by atoms with Crippen LogP contribution in [0.4, 0.5) is 0 Å². The Bertz CT molecular complexity index is 325. The van der Waals surface area contributed by atoms with Gasteiger partial charge in [0.25, 0.3) is 0 Å². The van der Waals surface area contributed by atoms with Crippen LogP contribution in [0.25, 0.3) is 0 Å². The summed E-state index contributed by atoms with van der Waals surface area (Å²) in [5.41, 5.74) is 1.72. The van der Waals surface area contributed by atoms with Gasteiger partial charge >= 0.3 is 53.6 Å². The zero-order chi connectivity index (χ0) is 13.6. The quantitative estimate of drug-likeness (QED) is 0.458. The van der Waals surface area contributed by atoms with E-state index in [1.54, 1.807) is 0 Å². The molecule has 0 saturated carbocycles. The first-order valence-corrected chi connectivity index (χ1v) is 17.3. The minimum absolute atomic E-state index is 0.347. The second-order valence-electron chi connectivity index (χ2n) is 5.23. The van der Waals surface area contributed by atoms with Crippen LogP contribution in [0.5, 0.6) is 0 Å². The molecule has 0 radical (unpaired) electrons. The molecule has 1 heterocycles. The van der Waals surface area contributed by atoms with E-state index in [1.165, 1.54) is 5.56 Å². The van der Waals surface area contributed by atoms with Crippen LogP contribution < -0.4 is 0 Å². The van der Waals surface area contributed by atoms with Gasteiger partial charge in [-0.2, -0.15) is 0 Å². The van der Waals surface area contributed by atoms with E-state index in [1.807, 2.05) is 13.8 Å². The number of aryl methyl sites for hydroxylation is 2. The molecule has 5 heteroatoms. The molecule has 0 fully saturated rings. The van der Waals surface area contributed by atoms with Crippen LogP contribution in [0.15, 0.2) is 16.5 Å². The maximum atomic E-state index is 5.43. The molecule has 0 N–H and O–H groups in total. The monoisotopic (exact) mass is 348 g/mol. The van der Waals surface area contributed by atoms with Crippen LogP contribution in [-0.2, 0) is 19.4 Å². The van der Waals surface area contributed by atoms with E-state index in [9.17, 15) is 0 Å². The molecule has 0 atom stereocenters. The van der Waals surface area contributed by atoms with Crippen LogP contribution in [0.2, 0.25) is 0 Å². The Balaban J connectivity index is 0.000000557. The molecule has 1 aromatic rings. The molecule has 1 nitrogen and oxygen atoms in total. The molecule has 1 rings (SSSR count). The molecule has 0 spiro atoms. The molecular weight excluding hydrogens is 332 g/mol. The van der Waals surface area contributed by atoms with Crippen molar-refractivity contribution in [1.29, 1.82) is 0 Å². The minimum atomic E-state index is -2.21. The summed E-state index contributed by atoms with van der Waals surface area (Å²) in [5.74, 6) is 2.00. The summed E-state index contributed by atoms with van der Waals surface area (Å²) in [4.78, 5) is 0. The SMILES string of the molecule is Cc1cc(CC(C)(C)C)cc(C)[o+]1.[Cl][Zn-]([Cl])[Cl]. The summed E-state index contributed by atoms with van der Waals surface area (Å²) in [6.45, 7) is 10.8. The number of hydrogen-bond acceptors (Lipinski definition) is 0. The van der Waals surface area contributed by atoms with E-state index in [4.69, 9.17) is 33.5 Å². The van der Waals surface area contributed by atoms with E-state index in [0.29, 0.717) is 5.41 Å². The average Bonchev–Trinajstić information content (AvgIpc) is 1.95. The van der Waals surface area contributed by atoms with Crippen molar-refractivity contribution in [3.05, 3.63) is 29.2 Å². The molecule has 1 aromatic heterocycles. The van der Waals surface area contributed by atoms with Gasteiger partial charge in [-0.3, -0.25) is 0 Å². The first kappa shape index (κ1) is 17.6. The molecule has 0 amide bonds. The third-order valence-electron chi connectivity index (χ3n) is 1.83. The summed E-state index contributed by atoms with van der Waals surface area (Å²) in [7, 11) is 15.0. The Labute approximate surface area is 121 Å². The zero-order valence-corrected chi connectivity index (χ0v) is 16.3. The van der Waals surface area contributed by atoms with Gasteiger partial charge in [-0.25, -0.2) is 4.42 Å². The zero-order valence-electron chi connectivity index (χ0n) is 11.1. The van der Waals surface area contributed by atoms with Gasteiger partial charge in [-0.15, -0.1) is 0 Å². The Hall–Kier alpha value is 0.643. The van der Waals surface area contributed by atoms with Crippen molar-refractivity contribution < 1.29 is 17.4 Å². The summed E-state index contributed by atoms with van der Waals surface area (Å²) in [6, 6.07) is 4.25. The molecule has 0 aliphatic rings. The number of hydrogen-bond donors (Lipinski definition) is 0. The van der Waals surface area contributed by atoms with Crippen LogP contribution >= 0.6 is 29.1 Å². The van der Waals surface area contributed by atoms with E-state index < -0.39 is 13.0 Å². The van der Waals surface area contributed by atoms with Crippen molar-refractivity contribution in [2.24, 2.45) is 5.41 Å². The van der Waals surface area contributed by atoms with Crippen LogP contribution in [0, 0.1) is 19.3 Å². The van der Waals surface area contributed by atoms with Gasteiger partial charge in [0.05, 0.1) is 13.8 Å². The van der Waals surface area contributed by atoms with Crippen molar-refractivity contribution in [2.75, 3.05) is 0 Å². The average molecular weight is 351 g/mol. The molecule has 0 aliphatic carbocycles. The predicted octanol–water partition coefficient (Wildman–Crippen LogP) is 5.83. The van der Waals surface area contributed by atoms with Crippen molar-refractivity contribution in [2.45, 2.75) is 41.0 Å². The Morgan fingerprint density at radius 1 is 1.06 bits per heavy atom. The summed E-state index contributed by atoms with van der Waals surface area (Å²) < 4.78 is 5.43. The summed E-state index contributed by atoms with van der Waals surface area (Å²) >= 11 is -2.21. The molecule has 0 saturated heterocycles. The topological polar surface area (TPSA) is 11.3 Å². The fourth-order valence-electron chi connectivity index (χ4n) is 1.59. The van der Waals surface area contributed by atoms with Crippen molar-refractivity contribution in [3.8, 4) is 0 Å². The summed E-state index contributed by atoms with van der Waals surface area (Å²) in [6.07, 6.45) is 1.10. The molecule has 17 heavy (non-hydrogen) atoms. The molecule has 0 unspecified atom stereocenters. The van der Waals surface area contributed by atoms with E-state index in [-0.39, 0.29) is 0 Å². The van der Waals surface area contributed by atoms with Crippen LogP contribution in [-0.4, -0.2) is 0 Å². The Morgan fingerprint density at radius 2 is 1.41 bits per heavy atom.